The van der Waals surface area contributed by atoms with Gasteiger partial charge in [0.05, 0.1) is 11.9 Å². The van der Waals surface area contributed by atoms with Crippen molar-refractivity contribution in [2.45, 2.75) is 50.4 Å². The van der Waals surface area contributed by atoms with E-state index in [0.29, 0.717) is 5.56 Å². The molecule has 2 bridgehead atoms. The van der Waals surface area contributed by atoms with Gasteiger partial charge in [-0.1, -0.05) is 30.3 Å². The second kappa shape index (κ2) is 8.69. The number of aromatic nitrogens is 3. The number of hydrogen-bond donors (Lipinski definition) is 1. The van der Waals surface area contributed by atoms with E-state index >= 15 is 0 Å². The van der Waals surface area contributed by atoms with Crippen molar-refractivity contribution in [3.8, 4) is 0 Å². The summed E-state index contributed by atoms with van der Waals surface area (Å²) in [6, 6.07) is 12.8. The normalized spacial score (nSPS) is 22.4. The van der Waals surface area contributed by atoms with Crippen LogP contribution < -0.4 is 5.73 Å². The highest BCUT2D eigenvalue weighted by atomic mass is 35.5. The molecule has 2 aliphatic heterocycles. The van der Waals surface area contributed by atoms with Gasteiger partial charge in [-0.25, -0.2) is 9.97 Å². The lowest BCUT2D eigenvalue weighted by Gasteiger charge is -2.22. The summed E-state index contributed by atoms with van der Waals surface area (Å²) in [5.41, 5.74) is 9.66. The van der Waals surface area contributed by atoms with Gasteiger partial charge in [-0.15, -0.1) is 24.8 Å². The summed E-state index contributed by atoms with van der Waals surface area (Å²) in [4.78, 5) is 24.0. The van der Waals surface area contributed by atoms with E-state index in [-0.39, 0.29) is 48.8 Å². The number of hydrogen-bond acceptors (Lipinski definition) is 4. The second-order valence-corrected chi connectivity index (χ2v) is 7.65. The van der Waals surface area contributed by atoms with E-state index < -0.39 is 0 Å². The van der Waals surface area contributed by atoms with Gasteiger partial charge in [0.2, 0.25) is 0 Å². The molecule has 2 N–H and O–H groups in total. The molecule has 4 heterocycles. The number of pyridine rings is 1. The number of benzene rings is 1. The predicted octanol–water partition coefficient (Wildman–Crippen LogP) is 3.22. The van der Waals surface area contributed by atoms with Crippen molar-refractivity contribution in [3.63, 3.8) is 0 Å². The fraction of sp³-hybridized carbons (Fsp3) is 0.381. The van der Waals surface area contributed by atoms with E-state index in [4.69, 9.17) is 5.73 Å². The Bertz CT molecular complexity index is 993. The molecule has 0 unspecified atom stereocenters. The van der Waals surface area contributed by atoms with Crippen molar-refractivity contribution < 1.29 is 4.79 Å². The molecular formula is C21H25Cl2N5O. The number of nitrogens with zero attached hydrogens (tertiary/aromatic N) is 4. The Balaban J connectivity index is 0.00000120. The Hall–Kier alpha value is -2.15. The number of imidazole rings is 1. The van der Waals surface area contributed by atoms with Gasteiger partial charge in [0, 0.05) is 30.9 Å². The summed E-state index contributed by atoms with van der Waals surface area (Å²) in [5, 5.41) is 0. The van der Waals surface area contributed by atoms with Crippen molar-refractivity contribution in [2.24, 2.45) is 5.73 Å². The summed E-state index contributed by atoms with van der Waals surface area (Å²) in [7, 11) is 0. The van der Waals surface area contributed by atoms with Crippen LogP contribution in [-0.2, 0) is 13.0 Å². The third-order valence-electron chi connectivity index (χ3n) is 6.01. The molecular weight excluding hydrogens is 409 g/mol. The van der Waals surface area contributed by atoms with Crippen LogP contribution in [0.2, 0.25) is 0 Å². The maximum atomic E-state index is 13.0. The first-order valence-electron chi connectivity index (χ1n) is 9.64. The first-order valence-corrected chi connectivity index (χ1v) is 9.64. The first kappa shape index (κ1) is 21.6. The van der Waals surface area contributed by atoms with Gasteiger partial charge in [-0.2, -0.15) is 0 Å². The summed E-state index contributed by atoms with van der Waals surface area (Å²) < 4.78 is 2.05. The Morgan fingerprint density at radius 1 is 1.14 bits per heavy atom. The van der Waals surface area contributed by atoms with Crippen molar-refractivity contribution >= 4 is 41.9 Å². The summed E-state index contributed by atoms with van der Waals surface area (Å²) >= 11 is 0. The average molecular weight is 434 g/mol. The zero-order valence-electron chi connectivity index (χ0n) is 16.0. The molecule has 154 valence electrons. The van der Waals surface area contributed by atoms with Crippen LogP contribution in [0.3, 0.4) is 0 Å². The van der Waals surface area contributed by atoms with E-state index in [9.17, 15) is 4.79 Å². The molecule has 5 rings (SSSR count). The monoisotopic (exact) mass is 433 g/mol. The van der Waals surface area contributed by atoms with Crippen LogP contribution in [0.4, 0.5) is 0 Å². The van der Waals surface area contributed by atoms with Crippen LogP contribution in [0.15, 0.2) is 48.9 Å². The molecule has 2 aliphatic rings. The number of aryl methyl sites for hydroxylation is 2. The Kier molecular flexibility index (Phi) is 6.46. The molecule has 0 aliphatic carbocycles. The molecule has 29 heavy (non-hydrogen) atoms. The molecule has 0 spiro atoms. The minimum absolute atomic E-state index is 0. The predicted molar refractivity (Wildman–Crippen MR) is 118 cm³/mol. The molecule has 3 aromatic rings. The quantitative estimate of drug-likeness (QED) is 0.684. The molecule has 2 aromatic heterocycles. The maximum Gasteiger partial charge on any atom is 0.256 e. The molecule has 3 atom stereocenters. The fourth-order valence-electron chi connectivity index (χ4n) is 4.62. The maximum absolute atomic E-state index is 13.0. The van der Waals surface area contributed by atoms with E-state index in [1.807, 2.05) is 27.9 Å². The molecule has 6 nitrogen and oxygen atoms in total. The van der Waals surface area contributed by atoms with Crippen molar-refractivity contribution in [3.05, 3.63) is 60.0 Å². The number of carbonyl (C=O) groups excluding carboxylic acids is 1. The summed E-state index contributed by atoms with van der Waals surface area (Å²) in [6.45, 7) is 0.811. The van der Waals surface area contributed by atoms with Crippen LogP contribution in [0, 0.1) is 0 Å². The highest BCUT2D eigenvalue weighted by Gasteiger charge is 2.47. The topological polar surface area (TPSA) is 77.0 Å². The van der Waals surface area contributed by atoms with Gasteiger partial charge >= 0.3 is 0 Å². The van der Waals surface area contributed by atoms with E-state index in [1.54, 1.807) is 6.20 Å². The largest absolute Gasteiger partial charge is 0.331 e. The minimum atomic E-state index is 0. The molecule has 0 saturated carbocycles. The lowest BCUT2D eigenvalue weighted by Crippen LogP contribution is -2.40. The Morgan fingerprint density at radius 2 is 1.93 bits per heavy atom. The standard InChI is InChI=1S/C21H23N5O.2ClH/c22-17-11-16-6-7-19(17)26(16)21(27)15-10-18-20(23-12-15)25(13-24-18)9-8-14-4-2-1-3-5-14;;/h1-5,10,12-13,16-17,19H,6-9,11,22H2;2*1H/t16-,17-,19+;;/m1../s1. The van der Waals surface area contributed by atoms with E-state index in [0.717, 1.165) is 43.4 Å². The number of halogens is 2. The van der Waals surface area contributed by atoms with Crippen LogP contribution in [0.1, 0.15) is 35.2 Å². The molecule has 1 aromatic carbocycles. The number of fused-ring (bicyclic) bond motifs is 3. The van der Waals surface area contributed by atoms with Crippen LogP contribution in [-0.4, -0.2) is 43.5 Å². The number of amides is 1. The average Bonchev–Trinajstić information content (AvgIpc) is 3.38. The third kappa shape index (κ3) is 3.84. The van der Waals surface area contributed by atoms with Crippen LogP contribution >= 0.6 is 24.8 Å². The smallest absolute Gasteiger partial charge is 0.256 e. The number of carbonyl (C=O) groups is 1. The number of nitrogens with two attached hydrogens (primary N) is 1. The SMILES string of the molecule is Cl.Cl.N[C@@H]1C[C@H]2CC[C@@H]1N2C(=O)c1cnc2c(c1)ncn2CCc1ccccc1. The van der Waals surface area contributed by atoms with Crippen molar-refractivity contribution in [1.82, 2.24) is 19.4 Å². The molecule has 2 saturated heterocycles. The molecule has 1 amide bonds. The zero-order chi connectivity index (χ0) is 18.4. The molecule has 2 fully saturated rings. The van der Waals surface area contributed by atoms with Crippen LogP contribution in [0.25, 0.3) is 11.2 Å². The number of rotatable bonds is 4. The van der Waals surface area contributed by atoms with Crippen molar-refractivity contribution in [2.75, 3.05) is 0 Å². The van der Waals surface area contributed by atoms with Gasteiger partial charge in [-0.3, -0.25) is 4.79 Å². The van der Waals surface area contributed by atoms with Crippen LogP contribution in [0.5, 0.6) is 0 Å². The van der Waals surface area contributed by atoms with Gasteiger partial charge in [0.15, 0.2) is 5.65 Å². The van der Waals surface area contributed by atoms with Gasteiger partial charge in [-0.05, 0) is 37.3 Å². The van der Waals surface area contributed by atoms with Gasteiger partial charge in [0.25, 0.3) is 5.91 Å². The molecule has 0 radical (unpaired) electrons. The van der Waals surface area contributed by atoms with Crippen molar-refractivity contribution in [1.29, 1.82) is 0 Å². The summed E-state index contributed by atoms with van der Waals surface area (Å²) in [5.74, 6) is 0.0451. The zero-order valence-corrected chi connectivity index (χ0v) is 17.6. The lowest BCUT2D eigenvalue weighted by molar-refractivity contribution is 0.0726. The Morgan fingerprint density at radius 3 is 2.62 bits per heavy atom. The lowest BCUT2D eigenvalue weighted by atomic mass is 9.97. The third-order valence-corrected chi connectivity index (χ3v) is 6.01. The second-order valence-electron chi connectivity index (χ2n) is 7.65. The fourth-order valence-corrected chi connectivity index (χ4v) is 4.62. The highest BCUT2D eigenvalue weighted by molar-refractivity contribution is 5.97. The first-order chi connectivity index (χ1) is 13.2. The van der Waals surface area contributed by atoms with E-state index in [2.05, 4.69) is 34.2 Å². The van der Waals surface area contributed by atoms with Gasteiger partial charge in [0.1, 0.15) is 5.52 Å². The molecule has 8 heteroatoms. The van der Waals surface area contributed by atoms with E-state index in [1.165, 1.54) is 5.56 Å². The highest BCUT2D eigenvalue weighted by Crippen LogP contribution is 2.37. The minimum Gasteiger partial charge on any atom is -0.331 e. The Labute approximate surface area is 182 Å². The van der Waals surface area contributed by atoms with Gasteiger partial charge < -0.3 is 15.2 Å². The summed E-state index contributed by atoms with van der Waals surface area (Å²) in [6.07, 6.45) is 7.41.